The fraction of sp³-hybridized carbons (Fsp3) is 0.591. The molecule has 148 valence electrons. The zero-order chi connectivity index (χ0) is 19.3. The summed E-state index contributed by atoms with van der Waals surface area (Å²) < 4.78 is 6.22. The van der Waals surface area contributed by atoms with Gasteiger partial charge in [-0.05, 0) is 73.6 Å². The van der Waals surface area contributed by atoms with Gasteiger partial charge in [-0.25, -0.2) is 0 Å². The number of carbonyl (C=O) groups excluding carboxylic acids is 1. The van der Waals surface area contributed by atoms with Gasteiger partial charge in [-0.1, -0.05) is 30.3 Å². The summed E-state index contributed by atoms with van der Waals surface area (Å²) in [5.41, 5.74) is 1.05. The van der Waals surface area contributed by atoms with Gasteiger partial charge in [-0.2, -0.15) is 0 Å². The lowest BCUT2D eigenvalue weighted by molar-refractivity contribution is -0.128. The van der Waals surface area contributed by atoms with Crippen molar-refractivity contribution < 1.29 is 9.21 Å². The minimum atomic E-state index is -0.374. The average Bonchev–Trinajstić information content (AvgIpc) is 3.15. The normalized spacial score (nSPS) is 31.7. The van der Waals surface area contributed by atoms with Gasteiger partial charge >= 0.3 is 0 Å². The van der Waals surface area contributed by atoms with E-state index in [0.717, 1.165) is 29.2 Å². The Kier molecular flexibility index (Phi) is 4.49. The van der Waals surface area contributed by atoms with E-state index in [4.69, 9.17) is 4.42 Å². The highest BCUT2D eigenvalue weighted by atomic mass is 32.2. The molecule has 4 aliphatic carbocycles. The van der Waals surface area contributed by atoms with Gasteiger partial charge in [0.05, 0.1) is 0 Å². The van der Waals surface area contributed by atoms with Crippen molar-refractivity contribution in [2.45, 2.75) is 54.4 Å². The second kappa shape index (κ2) is 6.90. The number of likely N-dealkylation sites (N-methyl/N-ethyl adjacent to an activating group) is 1. The summed E-state index contributed by atoms with van der Waals surface area (Å²) in [4.78, 5) is 14.4. The molecule has 0 radical (unpaired) electrons. The number of nitrogens with zero attached hydrogens (tertiary/aromatic N) is 3. The van der Waals surface area contributed by atoms with E-state index in [1.807, 2.05) is 30.3 Å². The van der Waals surface area contributed by atoms with Crippen LogP contribution in [0.15, 0.2) is 40.0 Å². The first kappa shape index (κ1) is 18.2. The van der Waals surface area contributed by atoms with Crippen LogP contribution in [-0.2, 0) is 10.2 Å². The van der Waals surface area contributed by atoms with E-state index in [0.29, 0.717) is 5.22 Å². The van der Waals surface area contributed by atoms with Crippen molar-refractivity contribution >= 4 is 17.7 Å². The molecule has 0 saturated heterocycles. The number of thioether (sulfide) groups is 1. The molecule has 4 fully saturated rings. The predicted molar refractivity (Wildman–Crippen MR) is 108 cm³/mol. The molecule has 4 aliphatic rings. The highest BCUT2D eigenvalue weighted by Crippen LogP contribution is 2.60. The van der Waals surface area contributed by atoms with Gasteiger partial charge in [0.15, 0.2) is 0 Å². The van der Waals surface area contributed by atoms with Gasteiger partial charge in [-0.15, -0.1) is 10.2 Å². The molecule has 1 atom stereocenters. The highest BCUT2D eigenvalue weighted by Gasteiger charge is 2.54. The van der Waals surface area contributed by atoms with Gasteiger partial charge < -0.3 is 9.32 Å². The molecule has 1 aromatic heterocycles. The van der Waals surface area contributed by atoms with E-state index >= 15 is 0 Å². The summed E-state index contributed by atoms with van der Waals surface area (Å²) in [5, 5.41) is 8.99. The Labute approximate surface area is 170 Å². The summed E-state index contributed by atoms with van der Waals surface area (Å²) in [7, 11) is 3.57. The van der Waals surface area contributed by atoms with E-state index in [-0.39, 0.29) is 16.6 Å². The number of hydrogen-bond donors (Lipinski definition) is 0. The molecule has 4 bridgehead atoms. The Morgan fingerprint density at radius 2 is 1.68 bits per heavy atom. The van der Waals surface area contributed by atoms with E-state index in [1.165, 1.54) is 50.3 Å². The van der Waals surface area contributed by atoms with E-state index in [1.54, 1.807) is 19.0 Å². The number of benzene rings is 1. The third kappa shape index (κ3) is 3.15. The van der Waals surface area contributed by atoms with Gasteiger partial charge in [0, 0.05) is 19.5 Å². The lowest BCUT2D eigenvalue weighted by atomic mass is 9.49. The Bertz CT molecular complexity index is 828. The van der Waals surface area contributed by atoms with Gasteiger partial charge in [0.1, 0.15) is 5.25 Å². The molecule has 1 aromatic carbocycles. The molecule has 6 heteroatoms. The third-order valence-corrected chi connectivity index (χ3v) is 7.96. The van der Waals surface area contributed by atoms with Crippen LogP contribution >= 0.6 is 11.8 Å². The zero-order valence-electron chi connectivity index (χ0n) is 16.5. The number of hydrogen-bond acceptors (Lipinski definition) is 5. The zero-order valence-corrected chi connectivity index (χ0v) is 17.3. The maximum Gasteiger partial charge on any atom is 0.277 e. The van der Waals surface area contributed by atoms with Gasteiger partial charge in [0.2, 0.25) is 11.8 Å². The van der Waals surface area contributed by atoms with Crippen molar-refractivity contribution in [2.75, 3.05) is 14.1 Å². The fourth-order valence-electron chi connectivity index (χ4n) is 6.07. The largest absolute Gasteiger partial charge is 0.415 e. The van der Waals surface area contributed by atoms with Crippen molar-refractivity contribution in [1.29, 1.82) is 0 Å². The number of rotatable bonds is 5. The maximum atomic E-state index is 12.8. The van der Waals surface area contributed by atoms with Crippen molar-refractivity contribution in [1.82, 2.24) is 15.1 Å². The summed E-state index contributed by atoms with van der Waals surface area (Å²) in [6, 6.07) is 9.84. The monoisotopic (exact) mass is 397 g/mol. The van der Waals surface area contributed by atoms with Crippen LogP contribution in [0.25, 0.3) is 0 Å². The highest BCUT2D eigenvalue weighted by molar-refractivity contribution is 8.00. The fourth-order valence-corrected chi connectivity index (χ4v) is 7.09. The molecule has 2 aromatic rings. The Balaban J connectivity index is 1.40. The van der Waals surface area contributed by atoms with Crippen LogP contribution in [-0.4, -0.2) is 35.1 Å². The SMILES string of the molecule is CN(C)C(=O)[C@H](Sc1nnc(C23CC4CC(CC(C4)C2)C3)o1)c1ccccc1. The lowest BCUT2D eigenvalue weighted by Crippen LogP contribution is -2.48. The Morgan fingerprint density at radius 1 is 1.07 bits per heavy atom. The van der Waals surface area contributed by atoms with Crippen LogP contribution in [0.1, 0.15) is 55.2 Å². The van der Waals surface area contributed by atoms with Crippen molar-refractivity contribution in [3.05, 3.63) is 41.8 Å². The molecule has 0 unspecified atom stereocenters. The quantitative estimate of drug-likeness (QED) is 0.697. The molecule has 0 N–H and O–H groups in total. The third-order valence-electron chi connectivity index (χ3n) is 6.88. The first-order valence-electron chi connectivity index (χ1n) is 10.3. The Morgan fingerprint density at radius 3 is 2.25 bits per heavy atom. The standard InChI is InChI=1S/C22H27N3O2S/c1-25(2)19(26)18(17-6-4-3-5-7-17)28-21-24-23-20(27-21)22-11-14-8-15(12-22)10-16(9-14)13-22/h3-7,14-16,18H,8-13H2,1-2H3/t14?,15?,16?,18-,22?/m1/s1. The van der Waals surface area contributed by atoms with Crippen LogP contribution in [0, 0.1) is 17.8 Å². The first-order chi connectivity index (χ1) is 13.5. The maximum absolute atomic E-state index is 12.8. The molecular weight excluding hydrogens is 370 g/mol. The van der Waals surface area contributed by atoms with Crippen LogP contribution in [0.2, 0.25) is 0 Å². The van der Waals surface area contributed by atoms with Crippen molar-refractivity contribution in [3.8, 4) is 0 Å². The van der Waals surface area contributed by atoms with E-state index < -0.39 is 0 Å². The van der Waals surface area contributed by atoms with Crippen LogP contribution in [0.3, 0.4) is 0 Å². The van der Waals surface area contributed by atoms with Crippen LogP contribution in [0.4, 0.5) is 0 Å². The molecule has 6 rings (SSSR count). The summed E-state index contributed by atoms with van der Waals surface area (Å²) >= 11 is 1.37. The van der Waals surface area contributed by atoms with Gasteiger partial charge in [0.25, 0.3) is 5.22 Å². The van der Waals surface area contributed by atoms with Crippen LogP contribution < -0.4 is 0 Å². The number of amides is 1. The molecule has 28 heavy (non-hydrogen) atoms. The molecule has 0 aliphatic heterocycles. The van der Waals surface area contributed by atoms with E-state index in [9.17, 15) is 4.79 Å². The minimum absolute atomic E-state index is 0.0331. The minimum Gasteiger partial charge on any atom is -0.415 e. The second-order valence-electron chi connectivity index (χ2n) is 9.21. The summed E-state index contributed by atoms with van der Waals surface area (Å²) in [6.07, 6.45) is 7.77. The van der Waals surface area contributed by atoms with Gasteiger partial charge in [-0.3, -0.25) is 4.79 Å². The molecule has 0 spiro atoms. The van der Waals surface area contributed by atoms with Crippen LogP contribution in [0.5, 0.6) is 0 Å². The predicted octanol–water partition coefficient (Wildman–Crippen LogP) is 4.46. The molecule has 4 saturated carbocycles. The first-order valence-corrected chi connectivity index (χ1v) is 11.2. The topological polar surface area (TPSA) is 59.2 Å². The number of carbonyl (C=O) groups is 1. The second-order valence-corrected chi connectivity index (χ2v) is 10.3. The summed E-state index contributed by atoms with van der Waals surface area (Å²) in [6.45, 7) is 0. The molecule has 5 nitrogen and oxygen atoms in total. The summed E-state index contributed by atoms with van der Waals surface area (Å²) in [5.74, 6) is 3.36. The van der Waals surface area contributed by atoms with E-state index in [2.05, 4.69) is 10.2 Å². The smallest absolute Gasteiger partial charge is 0.277 e. The van der Waals surface area contributed by atoms with Crippen molar-refractivity contribution in [2.24, 2.45) is 17.8 Å². The number of aromatic nitrogens is 2. The lowest BCUT2D eigenvalue weighted by Gasteiger charge is -2.55. The molecule has 1 heterocycles. The molecule has 1 amide bonds. The molecular formula is C22H27N3O2S. The average molecular weight is 398 g/mol. The Hall–Kier alpha value is -1.82. The van der Waals surface area contributed by atoms with Crippen molar-refractivity contribution in [3.63, 3.8) is 0 Å².